The zero-order valence-electron chi connectivity index (χ0n) is 16.5. The third kappa shape index (κ3) is 6.68. The van der Waals surface area contributed by atoms with Crippen LogP contribution in [0.4, 0.5) is 0 Å². The van der Waals surface area contributed by atoms with Crippen LogP contribution >= 0.6 is 0 Å². The van der Waals surface area contributed by atoms with Gasteiger partial charge in [0.1, 0.15) is 5.78 Å². The number of ketones is 1. The van der Waals surface area contributed by atoms with E-state index in [1.807, 2.05) is 0 Å². The molecule has 148 valence electrons. The number of piperazine rings is 1. The molecule has 0 bridgehead atoms. The van der Waals surface area contributed by atoms with Crippen LogP contribution in [0.25, 0.3) is 0 Å². The first kappa shape index (κ1) is 20.8. The molecule has 0 aliphatic carbocycles. The molecule has 7 heteroatoms. The zero-order chi connectivity index (χ0) is 19.3. The molecular formula is C19H34N4O3. The molecule has 2 rings (SSSR count). The van der Waals surface area contributed by atoms with Crippen molar-refractivity contribution in [2.24, 2.45) is 11.8 Å². The molecule has 0 aromatic rings. The molecule has 2 heterocycles. The van der Waals surface area contributed by atoms with Gasteiger partial charge >= 0.3 is 0 Å². The maximum atomic E-state index is 12.5. The molecule has 2 aliphatic rings. The van der Waals surface area contributed by atoms with Crippen molar-refractivity contribution in [3.63, 3.8) is 0 Å². The van der Waals surface area contributed by atoms with Crippen molar-refractivity contribution in [2.45, 2.75) is 65.1 Å². The molecule has 0 saturated carbocycles. The number of amides is 2. The lowest BCUT2D eigenvalue weighted by molar-refractivity contribution is -0.126. The number of nitrogens with zero attached hydrogens (tertiary/aromatic N) is 1. The third-order valence-electron chi connectivity index (χ3n) is 4.84. The predicted octanol–water partition coefficient (Wildman–Crippen LogP) is 0.295. The topological polar surface area (TPSA) is 90.5 Å². The molecule has 7 nitrogen and oxygen atoms in total. The van der Waals surface area contributed by atoms with Crippen LogP contribution in [0.15, 0.2) is 0 Å². The lowest BCUT2D eigenvalue weighted by Crippen LogP contribution is -2.58. The van der Waals surface area contributed by atoms with Crippen LogP contribution in [0, 0.1) is 11.8 Å². The number of Topliss-reactive ketones (excluding diaryl/α,β-unsaturated/α-hetero) is 1. The largest absolute Gasteiger partial charge is 0.351 e. The van der Waals surface area contributed by atoms with Crippen molar-refractivity contribution in [1.82, 2.24) is 20.9 Å². The second-order valence-electron chi connectivity index (χ2n) is 8.60. The molecule has 2 aliphatic heterocycles. The molecule has 2 fully saturated rings. The Morgan fingerprint density at radius 2 is 1.96 bits per heavy atom. The zero-order valence-corrected chi connectivity index (χ0v) is 16.5. The maximum absolute atomic E-state index is 12.5. The van der Waals surface area contributed by atoms with Crippen LogP contribution in [0.5, 0.6) is 0 Å². The minimum atomic E-state index is -0.421. The van der Waals surface area contributed by atoms with E-state index in [1.165, 1.54) is 0 Å². The summed E-state index contributed by atoms with van der Waals surface area (Å²) in [5.74, 6) is 0.983. The van der Waals surface area contributed by atoms with Crippen LogP contribution in [0.2, 0.25) is 0 Å². The van der Waals surface area contributed by atoms with Crippen molar-refractivity contribution in [3.05, 3.63) is 0 Å². The number of carbonyl (C=O) groups excluding carboxylic acids is 3. The van der Waals surface area contributed by atoms with Gasteiger partial charge < -0.3 is 10.6 Å². The van der Waals surface area contributed by atoms with Gasteiger partial charge in [-0.25, -0.2) is 0 Å². The molecule has 3 N–H and O–H groups in total. The van der Waals surface area contributed by atoms with E-state index in [0.29, 0.717) is 24.9 Å². The summed E-state index contributed by atoms with van der Waals surface area (Å²) in [6.07, 6.45) is 2.07. The average Bonchev–Trinajstić information content (AvgIpc) is 2.91. The van der Waals surface area contributed by atoms with Crippen LogP contribution in [0.1, 0.15) is 47.0 Å². The number of nitrogens with one attached hydrogen (secondary N) is 3. The van der Waals surface area contributed by atoms with Gasteiger partial charge in [-0.15, -0.1) is 0 Å². The van der Waals surface area contributed by atoms with E-state index in [9.17, 15) is 14.4 Å². The molecule has 1 unspecified atom stereocenters. The Kier molecular flexibility index (Phi) is 7.58. The van der Waals surface area contributed by atoms with Gasteiger partial charge in [0.2, 0.25) is 11.8 Å². The van der Waals surface area contributed by atoms with Crippen LogP contribution in [-0.4, -0.2) is 66.8 Å². The molecule has 0 spiro atoms. The van der Waals surface area contributed by atoms with Crippen molar-refractivity contribution in [2.75, 3.05) is 26.2 Å². The Hall–Kier alpha value is -1.47. The quantitative estimate of drug-likeness (QED) is 0.575. The van der Waals surface area contributed by atoms with Crippen LogP contribution < -0.4 is 16.0 Å². The van der Waals surface area contributed by atoms with E-state index < -0.39 is 6.04 Å². The number of carbonyl (C=O) groups is 3. The lowest BCUT2D eigenvalue weighted by atomic mass is 9.99. The number of hydrogen-bond donors (Lipinski definition) is 3. The van der Waals surface area contributed by atoms with E-state index in [4.69, 9.17) is 0 Å². The van der Waals surface area contributed by atoms with Crippen LogP contribution in [0.3, 0.4) is 0 Å². The van der Waals surface area contributed by atoms with Crippen molar-refractivity contribution >= 4 is 17.6 Å². The highest BCUT2D eigenvalue weighted by Gasteiger charge is 2.31. The predicted molar refractivity (Wildman–Crippen MR) is 101 cm³/mol. The van der Waals surface area contributed by atoms with Crippen molar-refractivity contribution in [1.29, 1.82) is 0 Å². The second kappa shape index (κ2) is 9.46. The fourth-order valence-corrected chi connectivity index (χ4v) is 3.90. The normalized spacial score (nSPS) is 25.6. The Bertz CT molecular complexity index is 521. The summed E-state index contributed by atoms with van der Waals surface area (Å²) in [5, 5.41) is 9.13. The van der Waals surface area contributed by atoms with E-state index in [-0.39, 0.29) is 42.6 Å². The Balaban J connectivity index is 1.94. The summed E-state index contributed by atoms with van der Waals surface area (Å²) < 4.78 is 0. The van der Waals surface area contributed by atoms with Crippen molar-refractivity contribution < 1.29 is 14.4 Å². The molecule has 26 heavy (non-hydrogen) atoms. The molecule has 0 aromatic heterocycles. The Morgan fingerprint density at radius 3 is 2.54 bits per heavy atom. The monoisotopic (exact) mass is 366 g/mol. The fraction of sp³-hybridized carbons (Fsp3) is 0.842. The van der Waals surface area contributed by atoms with Gasteiger partial charge in [0.15, 0.2) is 0 Å². The summed E-state index contributed by atoms with van der Waals surface area (Å²) in [6.45, 7) is 10.7. The first-order valence-corrected chi connectivity index (χ1v) is 9.80. The summed E-state index contributed by atoms with van der Waals surface area (Å²) in [4.78, 5) is 38.1. The fourth-order valence-electron chi connectivity index (χ4n) is 3.90. The van der Waals surface area contributed by atoms with E-state index >= 15 is 0 Å². The van der Waals surface area contributed by atoms with Gasteiger partial charge in [-0.3, -0.25) is 24.6 Å². The highest BCUT2D eigenvalue weighted by atomic mass is 16.2. The van der Waals surface area contributed by atoms with Gasteiger partial charge in [0, 0.05) is 31.6 Å². The van der Waals surface area contributed by atoms with Crippen molar-refractivity contribution in [3.8, 4) is 0 Å². The van der Waals surface area contributed by atoms with Gasteiger partial charge in [0.05, 0.1) is 19.1 Å². The second-order valence-corrected chi connectivity index (χ2v) is 8.60. The summed E-state index contributed by atoms with van der Waals surface area (Å²) >= 11 is 0. The first-order valence-electron chi connectivity index (χ1n) is 9.80. The molecule has 0 aromatic carbocycles. The molecular weight excluding hydrogens is 332 g/mol. The molecule has 2 saturated heterocycles. The van der Waals surface area contributed by atoms with Gasteiger partial charge in [-0.05, 0) is 24.7 Å². The third-order valence-corrected chi connectivity index (χ3v) is 4.84. The smallest absolute Gasteiger partial charge is 0.237 e. The molecule has 2 amide bonds. The number of hydrogen-bond acceptors (Lipinski definition) is 5. The van der Waals surface area contributed by atoms with Gasteiger partial charge in [-0.2, -0.15) is 0 Å². The number of rotatable bonds is 8. The van der Waals surface area contributed by atoms with Gasteiger partial charge in [-0.1, -0.05) is 27.7 Å². The summed E-state index contributed by atoms with van der Waals surface area (Å²) in [7, 11) is 0. The molecule has 3 atom stereocenters. The van der Waals surface area contributed by atoms with Crippen LogP contribution in [-0.2, 0) is 14.4 Å². The first-order chi connectivity index (χ1) is 12.2. The minimum absolute atomic E-state index is 0.0226. The Morgan fingerprint density at radius 1 is 1.23 bits per heavy atom. The molecule has 0 radical (unpaired) electrons. The average molecular weight is 367 g/mol. The van der Waals surface area contributed by atoms with E-state index in [2.05, 4.69) is 48.5 Å². The Labute approximate surface area is 156 Å². The summed E-state index contributed by atoms with van der Waals surface area (Å²) in [5.41, 5.74) is 0. The summed E-state index contributed by atoms with van der Waals surface area (Å²) in [6, 6.07) is -0.276. The SMILES string of the molecule is CC(C)CC1CN(C[C@H](CC(C)C)NC(=O)[C@@H]2CC(=O)CN2)CC(=O)N1. The highest BCUT2D eigenvalue weighted by molar-refractivity contribution is 5.93. The van der Waals surface area contributed by atoms with E-state index in [0.717, 1.165) is 19.4 Å². The van der Waals surface area contributed by atoms with E-state index in [1.54, 1.807) is 0 Å². The lowest BCUT2D eigenvalue weighted by Gasteiger charge is -2.36. The minimum Gasteiger partial charge on any atom is -0.351 e. The standard InChI is InChI=1S/C19H34N4O3/c1-12(2)5-14-9-23(11-18(25)21-14)10-15(6-13(3)4)22-19(26)17-7-16(24)8-20-17/h12-15,17,20H,5-11H2,1-4H3,(H,21,25)(H,22,26)/t14?,15-,17-/m0/s1. The highest BCUT2D eigenvalue weighted by Crippen LogP contribution is 2.13. The maximum Gasteiger partial charge on any atom is 0.237 e. The van der Waals surface area contributed by atoms with Gasteiger partial charge in [0.25, 0.3) is 0 Å².